The number of benzene rings is 2. The van der Waals surface area contributed by atoms with Gasteiger partial charge < -0.3 is 10.6 Å². The molecule has 2 atom stereocenters. The van der Waals surface area contributed by atoms with Gasteiger partial charge in [-0.3, -0.25) is 4.79 Å². The quantitative estimate of drug-likeness (QED) is 0.542. The van der Waals surface area contributed by atoms with Gasteiger partial charge in [0.05, 0.1) is 5.52 Å². The molecule has 0 aliphatic heterocycles. The predicted molar refractivity (Wildman–Crippen MR) is 127 cm³/mol. The number of rotatable bonds is 5. The molecular weight excluding hydrogens is 384 g/mol. The third-order valence-electron chi connectivity index (χ3n) is 6.03. The molecule has 160 valence electrons. The maximum Gasteiger partial charge on any atom is 0.243 e. The summed E-state index contributed by atoms with van der Waals surface area (Å²) in [7, 11) is 0. The molecule has 1 aliphatic carbocycles. The minimum Gasteiger partial charge on any atom is -0.349 e. The average Bonchev–Trinajstić information content (AvgIpc) is 2.92. The summed E-state index contributed by atoms with van der Waals surface area (Å²) in [5, 5.41) is 7.66. The second kappa shape index (κ2) is 10.2. The molecule has 2 aromatic carbocycles. The standard InChI is InChI=1S/C26H30N4O/c1-2-25(31)28-23-13-9-4-3-5-10-14-24(23)30-26-27-18-21-17-20(15-16-22(21)29-26)19-11-7-6-8-12-19/h2,6-8,11-12,15-18,23-24H,1,3-5,9-10,13-14H2,(H,28,31)(H,27,29,30)/t23?,24-/m0/s1. The lowest BCUT2D eigenvalue weighted by Gasteiger charge is -2.28. The lowest BCUT2D eigenvalue weighted by atomic mass is 9.99. The highest BCUT2D eigenvalue weighted by molar-refractivity contribution is 5.87. The summed E-state index contributed by atoms with van der Waals surface area (Å²) in [4.78, 5) is 21.3. The number of hydrogen-bond donors (Lipinski definition) is 2. The number of carbonyl (C=O) groups is 1. The highest BCUT2D eigenvalue weighted by Gasteiger charge is 2.24. The highest BCUT2D eigenvalue weighted by Crippen LogP contribution is 2.25. The van der Waals surface area contributed by atoms with E-state index in [1.165, 1.54) is 30.9 Å². The highest BCUT2D eigenvalue weighted by atomic mass is 16.1. The molecule has 31 heavy (non-hydrogen) atoms. The van der Waals surface area contributed by atoms with Crippen molar-refractivity contribution in [2.24, 2.45) is 0 Å². The Morgan fingerprint density at radius 2 is 1.68 bits per heavy atom. The third-order valence-corrected chi connectivity index (χ3v) is 6.03. The van der Waals surface area contributed by atoms with Crippen molar-refractivity contribution < 1.29 is 4.79 Å². The Morgan fingerprint density at radius 3 is 2.45 bits per heavy atom. The van der Waals surface area contributed by atoms with Gasteiger partial charge in [-0.25, -0.2) is 9.97 Å². The van der Waals surface area contributed by atoms with Crippen molar-refractivity contribution in [2.45, 2.75) is 57.0 Å². The second-order valence-electron chi connectivity index (χ2n) is 8.25. The monoisotopic (exact) mass is 414 g/mol. The van der Waals surface area contributed by atoms with Crippen molar-refractivity contribution in [2.75, 3.05) is 5.32 Å². The topological polar surface area (TPSA) is 66.9 Å². The van der Waals surface area contributed by atoms with Gasteiger partial charge in [0.25, 0.3) is 0 Å². The van der Waals surface area contributed by atoms with Crippen molar-refractivity contribution in [3.63, 3.8) is 0 Å². The Morgan fingerprint density at radius 1 is 0.935 bits per heavy atom. The zero-order chi connectivity index (χ0) is 21.5. The van der Waals surface area contributed by atoms with Crippen LogP contribution in [0.5, 0.6) is 0 Å². The first-order valence-electron chi connectivity index (χ1n) is 11.2. The zero-order valence-corrected chi connectivity index (χ0v) is 17.9. The van der Waals surface area contributed by atoms with E-state index in [4.69, 9.17) is 4.98 Å². The molecule has 4 rings (SSSR count). The number of amides is 1. The zero-order valence-electron chi connectivity index (χ0n) is 17.9. The normalized spacial score (nSPS) is 19.6. The molecular formula is C26H30N4O. The van der Waals surface area contributed by atoms with Gasteiger partial charge >= 0.3 is 0 Å². The van der Waals surface area contributed by atoms with Crippen molar-refractivity contribution >= 4 is 22.8 Å². The first kappa shape index (κ1) is 21.0. The fourth-order valence-electron chi connectivity index (χ4n) is 4.33. The van der Waals surface area contributed by atoms with Crippen LogP contribution in [0.3, 0.4) is 0 Å². The van der Waals surface area contributed by atoms with E-state index in [-0.39, 0.29) is 18.0 Å². The molecule has 1 aliphatic rings. The van der Waals surface area contributed by atoms with Gasteiger partial charge in [-0.15, -0.1) is 0 Å². The minimum absolute atomic E-state index is 0.0448. The predicted octanol–water partition coefficient (Wildman–Crippen LogP) is 5.49. The van der Waals surface area contributed by atoms with Crippen LogP contribution in [0.4, 0.5) is 5.95 Å². The molecule has 5 nitrogen and oxygen atoms in total. The summed E-state index contributed by atoms with van der Waals surface area (Å²) < 4.78 is 0. The van der Waals surface area contributed by atoms with E-state index < -0.39 is 0 Å². The summed E-state index contributed by atoms with van der Waals surface area (Å²) in [6, 6.07) is 16.7. The fraction of sp³-hybridized carbons (Fsp3) is 0.346. The molecule has 1 aromatic heterocycles. The van der Waals surface area contributed by atoms with Crippen molar-refractivity contribution in [1.82, 2.24) is 15.3 Å². The molecule has 0 spiro atoms. The summed E-state index contributed by atoms with van der Waals surface area (Å²) in [5.74, 6) is 0.492. The smallest absolute Gasteiger partial charge is 0.243 e. The van der Waals surface area contributed by atoms with E-state index in [1.54, 1.807) is 0 Å². The molecule has 1 amide bonds. The number of anilines is 1. The lowest BCUT2D eigenvalue weighted by molar-refractivity contribution is -0.117. The molecule has 0 bridgehead atoms. The van der Waals surface area contributed by atoms with Gasteiger partial charge in [-0.1, -0.05) is 75.1 Å². The van der Waals surface area contributed by atoms with Crippen LogP contribution in [-0.2, 0) is 4.79 Å². The molecule has 0 saturated heterocycles. The second-order valence-corrected chi connectivity index (χ2v) is 8.25. The number of fused-ring (bicyclic) bond motifs is 1. The third kappa shape index (κ3) is 5.48. The average molecular weight is 415 g/mol. The van der Waals surface area contributed by atoms with Crippen LogP contribution < -0.4 is 10.6 Å². The summed E-state index contributed by atoms with van der Waals surface area (Å²) in [6.07, 6.45) is 11.1. The van der Waals surface area contributed by atoms with E-state index in [9.17, 15) is 4.79 Å². The van der Waals surface area contributed by atoms with Crippen LogP contribution in [-0.4, -0.2) is 28.0 Å². The van der Waals surface area contributed by atoms with Gasteiger partial charge in [0, 0.05) is 23.7 Å². The Labute approximate surface area is 184 Å². The van der Waals surface area contributed by atoms with E-state index in [2.05, 4.69) is 46.5 Å². The van der Waals surface area contributed by atoms with E-state index in [0.29, 0.717) is 5.95 Å². The maximum absolute atomic E-state index is 12.0. The minimum atomic E-state index is -0.121. The van der Waals surface area contributed by atoms with E-state index in [1.807, 2.05) is 30.5 Å². The van der Waals surface area contributed by atoms with Crippen LogP contribution in [0.1, 0.15) is 44.9 Å². The maximum atomic E-state index is 12.0. The molecule has 0 radical (unpaired) electrons. The van der Waals surface area contributed by atoms with Gasteiger partial charge in [-0.2, -0.15) is 0 Å². The first-order chi connectivity index (χ1) is 15.2. The van der Waals surface area contributed by atoms with Crippen LogP contribution in [0.15, 0.2) is 67.4 Å². The van der Waals surface area contributed by atoms with Crippen LogP contribution in [0, 0.1) is 0 Å². The van der Waals surface area contributed by atoms with Crippen molar-refractivity contribution in [3.8, 4) is 11.1 Å². The largest absolute Gasteiger partial charge is 0.349 e. The fourth-order valence-corrected chi connectivity index (χ4v) is 4.33. The number of aromatic nitrogens is 2. The Balaban J connectivity index is 1.55. The van der Waals surface area contributed by atoms with Gasteiger partial charge in [-0.05, 0) is 42.2 Å². The Bertz CT molecular complexity index is 1030. The molecule has 1 heterocycles. The van der Waals surface area contributed by atoms with Crippen molar-refractivity contribution in [3.05, 3.63) is 67.4 Å². The SMILES string of the molecule is C=CC(=O)NC1CCCCCCC[C@@H]1Nc1ncc2cc(-c3ccccc3)ccc2n1. The molecule has 2 N–H and O–H groups in total. The molecule has 1 saturated carbocycles. The van der Waals surface area contributed by atoms with Crippen LogP contribution >= 0.6 is 0 Å². The number of nitrogens with zero attached hydrogens (tertiary/aromatic N) is 2. The number of nitrogens with one attached hydrogen (secondary N) is 2. The molecule has 3 aromatic rings. The van der Waals surface area contributed by atoms with Crippen LogP contribution in [0.25, 0.3) is 22.0 Å². The van der Waals surface area contributed by atoms with E-state index in [0.717, 1.165) is 42.1 Å². The first-order valence-corrected chi connectivity index (χ1v) is 11.2. The van der Waals surface area contributed by atoms with E-state index >= 15 is 0 Å². The van der Waals surface area contributed by atoms with Crippen LogP contribution in [0.2, 0.25) is 0 Å². The molecule has 5 heteroatoms. The summed E-state index contributed by atoms with van der Waals surface area (Å²) >= 11 is 0. The number of hydrogen-bond acceptors (Lipinski definition) is 4. The van der Waals surface area contributed by atoms with Crippen molar-refractivity contribution in [1.29, 1.82) is 0 Å². The lowest BCUT2D eigenvalue weighted by Crippen LogP contribution is -2.46. The van der Waals surface area contributed by atoms with Gasteiger partial charge in [0.15, 0.2) is 0 Å². The molecule has 1 unspecified atom stereocenters. The van der Waals surface area contributed by atoms with Gasteiger partial charge in [0.2, 0.25) is 11.9 Å². The molecule has 1 fully saturated rings. The Kier molecular flexibility index (Phi) is 6.92. The summed E-state index contributed by atoms with van der Waals surface area (Å²) in [5.41, 5.74) is 3.24. The number of carbonyl (C=O) groups excluding carboxylic acids is 1. The van der Waals surface area contributed by atoms with Gasteiger partial charge in [0.1, 0.15) is 0 Å². The summed E-state index contributed by atoms with van der Waals surface area (Å²) in [6.45, 7) is 3.60. The Hall–Kier alpha value is -3.21.